The van der Waals surface area contributed by atoms with Crippen molar-refractivity contribution in [2.24, 2.45) is 5.73 Å². The summed E-state index contributed by atoms with van der Waals surface area (Å²) in [5, 5.41) is 8.81. The summed E-state index contributed by atoms with van der Waals surface area (Å²) < 4.78 is 5.20. The third-order valence-electron chi connectivity index (χ3n) is 2.99. The summed E-state index contributed by atoms with van der Waals surface area (Å²) in [6.07, 6.45) is 0.340. The predicted octanol–water partition coefficient (Wildman–Crippen LogP) is 1.56. The van der Waals surface area contributed by atoms with Crippen molar-refractivity contribution in [2.75, 3.05) is 13.7 Å². The molecule has 18 heavy (non-hydrogen) atoms. The van der Waals surface area contributed by atoms with Gasteiger partial charge in [0, 0.05) is 12.5 Å². The lowest BCUT2D eigenvalue weighted by Gasteiger charge is -2.25. The van der Waals surface area contributed by atoms with Crippen LogP contribution < -0.4 is 5.73 Å². The molecule has 1 unspecified atom stereocenters. The van der Waals surface area contributed by atoms with Gasteiger partial charge in [-0.3, -0.25) is 4.79 Å². The molecule has 0 saturated heterocycles. The topological polar surface area (TPSA) is 72.5 Å². The zero-order chi connectivity index (χ0) is 13.8. The number of carboxylic acid groups (broad SMARTS) is 1. The Morgan fingerprint density at radius 1 is 1.50 bits per heavy atom. The van der Waals surface area contributed by atoms with Crippen molar-refractivity contribution in [1.29, 1.82) is 0 Å². The lowest BCUT2D eigenvalue weighted by Crippen LogP contribution is -2.32. The number of ether oxygens (including phenoxy) is 1. The van der Waals surface area contributed by atoms with Gasteiger partial charge in [0.2, 0.25) is 0 Å². The summed E-state index contributed by atoms with van der Waals surface area (Å²) in [6.45, 7) is 4.79. The molecule has 0 bridgehead atoms. The first-order chi connectivity index (χ1) is 8.36. The van der Waals surface area contributed by atoms with Crippen molar-refractivity contribution >= 4 is 5.97 Å². The third kappa shape index (κ3) is 3.82. The molecule has 0 spiro atoms. The zero-order valence-electron chi connectivity index (χ0n) is 11.1. The highest BCUT2D eigenvalue weighted by atomic mass is 16.5. The molecule has 1 aromatic carbocycles. The van der Waals surface area contributed by atoms with E-state index >= 15 is 0 Å². The zero-order valence-corrected chi connectivity index (χ0v) is 11.1. The highest BCUT2D eigenvalue weighted by Gasteiger charge is 2.21. The van der Waals surface area contributed by atoms with Gasteiger partial charge in [0.25, 0.3) is 0 Å². The number of benzene rings is 1. The van der Waals surface area contributed by atoms with Crippen molar-refractivity contribution in [3.05, 3.63) is 35.4 Å². The van der Waals surface area contributed by atoms with Crippen LogP contribution in [0.3, 0.4) is 0 Å². The summed E-state index contributed by atoms with van der Waals surface area (Å²) in [6, 6.07) is 6.99. The van der Waals surface area contributed by atoms with E-state index in [1.54, 1.807) is 7.11 Å². The summed E-state index contributed by atoms with van der Waals surface area (Å²) in [5.41, 5.74) is 7.50. The Bertz CT molecular complexity index is 415. The molecule has 1 atom stereocenters. The van der Waals surface area contributed by atoms with Gasteiger partial charge in [-0.05, 0) is 17.5 Å². The van der Waals surface area contributed by atoms with Crippen molar-refractivity contribution in [3.8, 4) is 0 Å². The number of rotatable bonds is 6. The summed E-state index contributed by atoms with van der Waals surface area (Å²) in [5.74, 6) is -0.975. The lowest BCUT2D eigenvalue weighted by molar-refractivity contribution is -0.138. The molecule has 1 rings (SSSR count). The van der Waals surface area contributed by atoms with Crippen LogP contribution in [-0.2, 0) is 21.4 Å². The Kier molecular flexibility index (Phi) is 4.87. The van der Waals surface area contributed by atoms with Crippen LogP contribution in [0.1, 0.15) is 25.0 Å². The molecule has 4 nitrogen and oxygen atoms in total. The second-order valence-electron chi connectivity index (χ2n) is 5.17. The summed E-state index contributed by atoms with van der Waals surface area (Å²) in [7, 11) is 1.67. The Hall–Kier alpha value is -1.39. The van der Waals surface area contributed by atoms with Crippen LogP contribution in [0.15, 0.2) is 24.3 Å². The number of carbonyl (C=O) groups is 1. The second kappa shape index (κ2) is 5.98. The SMILES string of the molecule is COCC(C)(C)c1cccc(CC(N)C(=O)O)c1. The molecule has 0 amide bonds. The summed E-state index contributed by atoms with van der Waals surface area (Å²) in [4.78, 5) is 10.7. The molecule has 0 aliphatic carbocycles. The first-order valence-corrected chi connectivity index (χ1v) is 5.93. The molecule has 1 aromatic rings. The van der Waals surface area contributed by atoms with Gasteiger partial charge < -0.3 is 15.6 Å². The maximum Gasteiger partial charge on any atom is 0.320 e. The standard InChI is InChI=1S/C14H21NO3/c1-14(2,9-18-3)11-6-4-5-10(7-11)8-12(15)13(16)17/h4-7,12H,8-9,15H2,1-3H3,(H,16,17). The number of carboxylic acids is 1. The monoisotopic (exact) mass is 251 g/mol. The van der Waals surface area contributed by atoms with Crippen LogP contribution in [0.2, 0.25) is 0 Å². The summed E-state index contributed by atoms with van der Waals surface area (Å²) >= 11 is 0. The Labute approximate surface area is 108 Å². The fourth-order valence-electron chi connectivity index (χ4n) is 1.90. The molecular formula is C14H21NO3. The van der Waals surface area contributed by atoms with E-state index in [0.29, 0.717) is 13.0 Å². The minimum absolute atomic E-state index is 0.0991. The molecule has 3 N–H and O–H groups in total. The van der Waals surface area contributed by atoms with Gasteiger partial charge in [-0.25, -0.2) is 0 Å². The highest BCUT2D eigenvalue weighted by Crippen LogP contribution is 2.24. The van der Waals surface area contributed by atoms with Crippen LogP contribution in [0.5, 0.6) is 0 Å². The fourth-order valence-corrected chi connectivity index (χ4v) is 1.90. The van der Waals surface area contributed by atoms with Crippen LogP contribution in [0.25, 0.3) is 0 Å². The van der Waals surface area contributed by atoms with E-state index in [1.165, 1.54) is 0 Å². The second-order valence-corrected chi connectivity index (χ2v) is 5.17. The Morgan fingerprint density at radius 2 is 2.17 bits per heavy atom. The normalized spacial score (nSPS) is 13.3. The average molecular weight is 251 g/mol. The van der Waals surface area contributed by atoms with Crippen molar-refractivity contribution in [2.45, 2.75) is 31.7 Å². The van der Waals surface area contributed by atoms with Crippen molar-refractivity contribution in [3.63, 3.8) is 0 Å². The molecule has 100 valence electrons. The molecular weight excluding hydrogens is 230 g/mol. The molecule has 0 saturated carbocycles. The number of nitrogens with two attached hydrogens (primary N) is 1. The number of methoxy groups -OCH3 is 1. The lowest BCUT2D eigenvalue weighted by atomic mass is 9.84. The van der Waals surface area contributed by atoms with Crippen LogP contribution in [-0.4, -0.2) is 30.8 Å². The van der Waals surface area contributed by atoms with Gasteiger partial charge in [-0.2, -0.15) is 0 Å². The first kappa shape index (κ1) is 14.7. The van der Waals surface area contributed by atoms with Crippen LogP contribution >= 0.6 is 0 Å². The van der Waals surface area contributed by atoms with Gasteiger partial charge in [0.1, 0.15) is 6.04 Å². The van der Waals surface area contributed by atoms with E-state index in [1.807, 2.05) is 24.3 Å². The first-order valence-electron chi connectivity index (χ1n) is 5.93. The smallest absolute Gasteiger partial charge is 0.320 e. The number of aliphatic carboxylic acids is 1. The third-order valence-corrected chi connectivity index (χ3v) is 2.99. The minimum atomic E-state index is -0.975. The Morgan fingerprint density at radius 3 is 2.72 bits per heavy atom. The number of hydrogen-bond donors (Lipinski definition) is 2. The van der Waals surface area contributed by atoms with Crippen molar-refractivity contribution in [1.82, 2.24) is 0 Å². The maximum absolute atomic E-state index is 10.7. The molecule has 4 heteroatoms. The Balaban J connectivity index is 2.89. The van der Waals surface area contributed by atoms with E-state index in [2.05, 4.69) is 13.8 Å². The fraction of sp³-hybridized carbons (Fsp3) is 0.500. The maximum atomic E-state index is 10.7. The van der Waals surface area contributed by atoms with E-state index in [4.69, 9.17) is 15.6 Å². The van der Waals surface area contributed by atoms with E-state index in [-0.39, 0.29) is 5.41 Å². The van der Waals surface area contributed by atoms with Crippen LogP contribution in [0.4, 0.5) is 0 Å². The van der Waals surface area contributed by atoms with E-state index in [0.717, 1.165) is 11.1 Å². The van der Waals surface area contributed by atoms with Gasteiger partial charge in [0.15, 0.2) is 0 Å². The van der Waals surface area contributed by atoms with Gasteiger partial charge in [0.05, 0.1) is 6.61 Å². The molecule has 0 aliphatic rings. The predicted molar refractivity (Wildman–Crippen MR) is 70.7 cm³/mol. The number of hydrogen-bond acceptors (Lipinski definition) is 3. The van der Waals surface area contributed by atoms with E-state index in [9.17, 15) is 4.79 Å². The van der Waals surface area contributed by atoms with E-state index < -0.39 is 12.0 Å². The average Bonchev–Trinajstić information content (AvgIpc) is 2.29. The van der Waals surface area contributed by atoms with Crippen molar-refractivity contribution < 1.29 is 14.6 Å². The van der Waals surface area contributed by atoms with Gasteiger partial charge in [-0.1, -0.05) is 38.1 Å². The van der Waals surface area contributed by atoms with Gasteiger partial charge in [-0.15, -0.1) is 0 Å². The molecule has 0 aliphatic heterocycles. The van der Waals surface area contributed by atoms with Gasteiger partial charge >= 0.3 is 5.97 Å². The largest absolute Gasteiger partial charge is 0.480 e. The highest BCUT2D eigenvalue weighted by molar-refractivity contribution is 5.73. The molecule has 0 radical (unpaired) electrons. The quantitative estimate of drug-likeness (QED) is 0.805. The molecule has 0 aromatic heterocycles. The molecule has 0 fully saturated rings. The van der Waals surface area contributed by atoms with Crippen LogP contribution in [0, 0.1) is 0 Å². The minimum Gasteiger partial charge on any atom is -0.480 e. The molecule has 0 heterocycles.